The van der Waals surface area contributed by atoms with Gasteiger partial charge in [0.25, 0.3) is 0 Å². The number of hydrogen-bond donors (Lipinski definition) is 0. The molecule has 0 aromatic heterocycles. The van der Waals surface area contributed by atoms with E-state index in [0.29, 0.717) is 6.42 Å². The van der Waals surface area contributed by atoms with Crippen LogP contribution in [0.3, 0.4) is 0 Å². The van der Waals surface area contributed by atoms with Gasteiger partial charge in [-0.2, -0.15) is 5.26 Å². The van der Waals surface area contributed by atoms with Crippen LogP contribution < -0.4 is 0 Å². The Bertz CT molecular complexity index is 273. The first-order chi connectivity index (χ1) is 6.77. The average Bonchev–Trinajstić information content (AvgIpc) is 2.93. The molecule has 0 aliphatic heterocycles. The Kier molecular flexibility index (Phi) is 4.95. The zero-order valence-electron chi connectivity index (χ0n) is 8.49. The van der Waals surface area contributed by atoms with Crippen molar-refractivity contribution in [3.05, 3.63) is 0 Å². The number of nitrogens with zero attached hydrogens (tertiary/aromatic N) is 1. The molecule has 1 rings (SSSR count). The Morgan fingerprint density at radius 3 is 3.00 bits per heavy atom. The Morgan fingerprint density at radius 2 is 2.36 bits per heavy atom. The summed E-state index contributed by atoms with van der Waals surface area (Å²) in [5, 5.41) is 8.41. The van der Waals surface area contributed by atoms with E-state index in [0.717, 1.165) is 24.7 Å². The molecule has 4 atom stereocenters. The number of rotatable bonds is 4. The van der Waals surface area contributed by atoms with Gasteiger partial charge in [0.2, 0.25) is 0 Å². The van der Waals surface area contributed by atoms with Gasteiger partial charge in [0.15, 0.2) is 0 Å². The molecule has 0 saturated heterocycles. The van der Waals surface area contributed by atoms with Gasteiger partial charge in [0.05, 0.1) is 6.07 Å². The van der Waals surface area contributed by atoms with Gasteiger partial charge in [-0.05, 0) is 31.6 Å². The lowest BCUT2D eigenvalue weighted by Gasteiger charge is -1.96. The highest BCUT2D eigenvalue weighted by Crippen LogP contribution is 2.44. The highest BCUT2D eigenvalue weighted by atomic mass is 31.0. The van der Waals surface area contributed by atoms with Crippen LogP contribution in [-0.4, -0.2) is 6.10 Å². The lowest BCUT2D eigenvalue weighted by molar-refractivity contribution is 0.329. The van der Waals surface area contributed by atoms with Crippen molar-refractivity contribution in [3.63, 3.8) is 0 Å². The van der Waals surface area contributed by atoms with Crippen molar-refractivity contribution in [2.45, 2.75) is 38.7 Å². The fourth-order valence-electron chi connectivity index (χ4n) is 1.53. The monoisotopic (exact) mass is 209 g/mol. The van der Waals surface area contributed by atoms with Crippen LogP contribution in [0.1, 0.15) is 32.6 Å². The van der Waals surface area contributed by atoms with Crippen LogP contribution in [0, 0.1) is 35.0 Å². The van der Waals surface area contributed by atoms with Crippen molar-refractivity contribution in [2.24, 2.45) is 11.8 Å². The van der Waals surface area contributed by atoms with E-state index >= 15 is 0 Å². The average molecular weight is 209 g/mol. The maximum absolute atomic E-state index is 8.41. The molecule has 2 unspecified atom stereocenters. The van der Waals surface area contributed by atoms with Crippen molar-refractivity contribution < 1.29 is 4.52 Å². The highest BCUT2D eigenvalue weighted by molar-refractivity contribution is 7.09. The Hall–Kier alpha value is -0.560. The molecule has 0 heterocycles. The lowest BCUT2D eigenvalue weighted by atomic mass is 10.1. The first-order valence-corrected chi connectivity index (χ1v) is 5.46. The predicted molar refractivity (Wildman–Crippen MR) is 59.1 cm³/mol. The van der Waals surface area contributed by atoms with Crippen LogP contribution in [0.4, 0.5) is 0 Å². The molecule has 0 aromatic rings. The number of nitriles is 1. The van der Waals surface area contributed by atoms with Crippen molar-refractivity contribution in [3.8, 4) is 17.9 Å². The summed E-state index contributed by atoms with van der Waals surface area (Å²) in [6, 6.07) is 2.18. The summed E-state index contributed by atoms with van der Waals surface area (Å²) >= 11 is 0. The molecule has 0 amide bonds. The normalized spacial score (nSPS) is 25.8. The third kappa shape index (κ3) is 4.10. The molecule has 76 valence electrons. The van der Waals surface area contributed by atoms with E-state index in [-0.39, 0.29) is 6.10 Å². The molecule has 1 aliphatic rings. The van der Waals surface area contributed by atoms with Crippen LogP contribution in [0.2, 0.25) is 0 Å². The smallest absolute Gasteiger partial charge is 0.118 e. The van der Waals surface area contributed by atoms with Gasteiger partial charge < -0.3 is 4.52 Å². The Morgan fingerprint density at radius 1 is 1.57 bits per heavy atom. The SMILES string of the molecule is CC(C#CC[C@H]1C[C@@H]1CCC#N)OP. The van der Waals surface area contributed by atoms with Crippen LogP contribution in [0.15, 0.2) is 0 Å². The van der Waals surface area contributed by atoms with E-state index in [1.165, 1.54) is 6.42 Å². The molecule has 0 bridgehead atoms. The standard InChI is InChI=1S/C11H16NOP/c1-9(13-14)4-2-5-10-8-11(10)6-3-7-12/h9-11H,3,5-6,8,14H2,1H3/t9?,10-,11-/m0/s1. The summed E-state index contributed by atoms with van der Waals surface area (Å²) in [6.45, 7) is 1.93. The van der Waals surface area contributed by atoms with Crippen molar-refractivity contribution in [1.29, 1.82) is 5.26 Å². The first-order valence-electron chi connectivity index (χ1n) is 4.98. The van der Waals surface area contributed by atoms with Crippen molar-refractivity contribution in [1.82, 2.24) is 0 Å². The third-order valence-corrected chi connectivity index (χ3v) is 2.98. The van der Waals surface area contributed by atoms with Crippen molar-refractivity contribution in [2.75, 3.05) is 0 Å². The molecule has 0 radical (unpaired) electrons. The van der Waals surface area contributed by atoms with Gasteiger partial charge >= 0.3 is 0 Å². The summed E-state index contributed by atoms with van der Waals surface area (Å²) < 4.78 is 4.94. The zero-order chi connectivity index (χ0) is 10.4. The molecular formula is C11H16NOP. The summed E-state index contributed by atoms with van der Waals surface area (Å²) in [5.74, 6) is 7.66. The van der Waals surface area contributed by atoms with Crippen LogP contribution in [0.5, 0.6) is 0 Å². The molecule has 0 N–H and O–H groups in total. The molecule has 1 saturated carbocycles. The topological polar surface area (TPSA) is 33.0 Å². The molecule has 3 heteroatoms. The Labute approximate surface area is 88.3 Å². The van der Waals surface area contributed by atoms with E-state index in [9.17, 15) is 0 Å². The molecule has 0 aromatic carbocycles. The Balaban J connectivity index is 2.10. The highest BCUT2D eigenvalue weighted by Gasteiger charge is 2.35. The van der Waals surface area contributed by atoms with E-state index in [1.54, 1.807) is 0 Å². The second kappa shape index (κ2) is 6.02. The van der Waals surface area contributed by atoms with Gasteiger partial charge in [-0.25, -0.2) is 0 Å². The van der Waals surface area contributed by atoms with E-state index in [1.807, 2.05) is 6.92 Å². The van der Waals surface area contributed by atoms with Gasteiger partial charge in [-0.15, -0.1) is 5.92 Å². The number of hydrogen-bond acceptors (Lipinski definition) is 2. The summed E-state index contributed by atoms with van der Waals surface area (Å²) in [5.41, 5.74) is 0. The fraction of sp³-hybridized carbons (Fsp3) is 0.727. The molecule has 0 spiro atoms. The molecular weight excluding hydrogens is 193 g/mol. The second-order valence-corrected chi connectivity index (χ2v) is 4.03. The molecule has 1 fully saturated rings. The summed E-state index contributed by atoms with van der Waals surface area (Å²) in [6.07, 6.45) is 3.98. The maximum Gasteiger partial charge on any atom is 0.118 e. The summed E-state index contributed by atoms with van der Waals surface area (Å²) in [7, 11) is 2.22. The van der Waals surface area contributed by atoms with Gasteiger partial charge in [0, 0.05) is 22.3 Å². The molecule has 14 heavy (non-hydrogen) atoms. The van der Waals surface area contributed by atoms with Crippen LogP contribution in [0.25, 0.3) is 0 Å². The molecule has 1 aliphatic carbocycles. The maximum atomic E-state index is 8.41. The van der Waals surface area contributed by atoms with Gasteiger partial charge in [0.1, 0.15) is 6.10 Å². The fourth-order valence-corrected chi connectivity index (χ4v) is 1.60. The lowest BCUT2D eigenvalue weighted by Crippen LogP contribution is -1.95. The minimum Gasteiger partial charge on any atom is -0.350 e. The third-order valence-electron chi connectivity index (χ3n) is 2.57. The summed E-state index contributed by atoms with van der Waals surface area (Å²) in [4.78, 5) is 0. The van der Waals surface area contributed by atoms with Gasteiger partial charge in [-0.3, -0.25) is 0 Å². The first kappa shape index (κ1) is 11.5. The van der Waals surface area contributed by atoms with E-state index < -0.39 is 0 Å². The van der Waals surface area contributed by atoms with Crippen LogP contribution >= 0.6 is 9.47 Å². The minimum atomic E-state index is 0.0105. The van der Waals surface area contributed by atoms with E-state index in [4.69, 9.17) is 9.79 Å². The van der Waals surface area contributed by atoms with Gasteiger partial charge in [-0.1, -0.05) is 5.92 Å². The van der Waals surface area contributed by atoms with Crippen molar-refractivity contribution >= 4 is 9.47 Å². The second-order valence-electron chi connectivity index (χ2n) is 3.76. The van der Waals surface area contributed by atoms with E-state index in [2.05, 4.69) is 27.4 Å². The largest absolute Gasteiger partial charge is 0.350 e. The minimum absolute atomic E-state index is 0.0105. The predicted octanol–water partition coefficient (Wildman–Crippen LogP) is 2.51. The zero-order valence-corrected chi connectivity index (χ0v) is 9.65. The quantitative estimate of drug-likeness (QED) is 0.526. The molecule has 2 nitrogen and oxygen atoms in total. The van der Waals surface area contributed by atoms with Crippen LogP contribution in [-0.2, 0) is 4.52 Å².